The molecule has 2 fully saturated rings. The third-order valence-electron chi connectivity index (χ3n) is 6.33. The van der Waals surface area contributed by atoms with Crippen molar-refractivity contribution in [1.29, 1.82) is 0 Å². The lowest BCUT2D eigenvalue weighted by Gasteiger charge is -2.27. The summed E-state index contributed by atoms with van der Waals surface area (Å²) in [5, 5.41) is 7.78. The lowest BCUT2D eigenvalue weighted by Crippen LogP contribution is -2.42. The number of hydrogen-bond donors (Lipinski definition) is 2. The van der Waals surface area contributed by atoms with Gasteiger partial charge in [-0.15, -0.1) is 0 Å². The average molecular weight is 511 g/mol. The first kappa shape index (κ1) is 21.6. The van der Waals surface area contributed by atoms with Crippen LogP contribution >= 0.6 is 15.9 Å². The summed E-state index contributed by atoms with van der Waals surface area (Å²) in [4.78, 5) is 43.9. The first-order valence-corrected chi connectivity index (χ1v) is 11.6. The predicted octanol–water partition coefficient (Wildman–Crippen LogP) is 2.62. The third kappa shape index (κ3) is 4.22. The zero-order chi connectivity index (χ0) is 23.3. The molecule has 1 saturated heterocycles. The normalized spacial score (nSPS) is 21.2. The van der Waals surface area contributed by atoms with Crippen molar-refractivity contribution in [3.63, 3.8) is 0 Å². The Hall–Kier alpha value is -3.27. The number of piperidine rings is 1. The van der Waals surface area contributed by atoms with Crippen molar-refractivity contribution >= 4 is 50.4 Å². The molecule has 0 bridgehead atoms. The molecule has 9 nitrogen and oxygen atoms in total. The molecule has 0 radical (unpaired) electrons. The van der Waals surface area contributed by atoms with Crippen molar-refractivity contribution < 1.29 is 14.4 Å². The average Bonchev–Trinajstić information content (AvgIpc) is 3.26. The lowest BCUT2D eigenvalue weighted by molar-refractivity contribution is -0.134. The van der Waals surface area contributed by atoms with Gasteiger partial charge in [-0.3, -0.25) is 19.1 Å². The second-order valence-electron chi connectivity index (χ2n) is 8.74. The molecule has 1 aromatic carbocycles. The number of rotatable bonds is 6. The highest BCUT2D eigenvalue weighted by atomic mass is 79.9. The molecule has 1 saturated carbocycles. The van der Waals surface area contributed by atoms with Gasteiger partial charge in [0.05, 0.1) is 5.52 Å². The smallest absolute Gasteiger partial charge is 0.269 e. The number of nitrogens with zero attached hydrogens (tertiary/aromatic N) is 4. The number of aromatic nitrogens is 3. The van der Waals surface area contributed by atoms with Crippen LogP contribution in [0.4, 0.5) is 5.82 Å². The van der Waals surface area contributed by atoms with Crippen LogP contribution in [-0.2, 0) is 16.1 Å². The standard InChI is InChI=1S/C23H23BrN6O3/c1-12-5-6-16-15(7-12)22(23(25)33)28-29(16)11-21(32)30-14(8-13-9-17(13)30)10-20(31)27-19-4-2-3-18(24)26-19/h2-7,13-14,17H,8-11H2,1H3,(H2,25,33)(H,26,27,31)/t13-,14-,17+/m0/s1. The van der Waals surface area contributed by atoms with Gasteiger partial charge in [0.15, 0.2) is 5.69 Å². The molecule has 10 heteroatoms. The van der Waals surface area contributed by atoms with Crippen LogP contribution in [0.2, 0.25) is 0 Å². The molecule has 1 aliphatic heterocycles. The molecule has 0 unspecified atom stereocenters. The van der Waals surface area contributed by atoms with E-state index in [-0.39, 0.29) is 42.6 Å². The summed E-state index contributed by atoms with van der Waals surface area (Å²) in [6, 6.07) is 10.9. The van der Waals surface area contributed by atoms with E-state index in [1.165, 1.54) is 4.68 Å². The molecule has 3 heterocycles. The maximum atomic E-state index is 13.3. The molecule has 3 atom stereocenters. The number of anilines is 1. The van der Waals surface area contributed by atoms with Crippen LogP contribution in [0.5, 0.6) is 0 Å². The number of hydrogen-bond acceptors (Lipinski definition) is 5. The van der Waals surface area contributed by atoms with E-state index in [0.717, 1.165) is 18.4 Å². The molecule has 170 valence electrons. The maximum absolute atomic E-state index is 13.3. The van der Waals surface area contributed by atoms with Crippen molar-refractivity contribution in [1.82, 2.24) is 19.7 Å². The van der Waals surface area contributed by atoms with E-state index in [4.69, 9.17) is 5.73 Å². The first-order valence-electron chi connectivity index (χ1n) is 10.8. The minimum absolute atomic E-state index is 0.0125. The summed E-state index contributed by atoms with van der Waals surface area (Å²) < 4.78 is 2.17. The molecule has 3 N–H and O–H groups in total. The van der Waals surface area contributed by atoms with Crippen LogP contribution < -0.4 is 11.1 Å². The zero-order valence-electron chi connectivity index (χ0n) is 18.0. The molecule has 3 aromatic rings. The van der Waals surface area contributed by atoms with Gasteiger partial charge >= 0.3 is 0 Å². The second-order valence-corrected chi connectivity index (χ2v) is 9.56. The topological polar surface area (TPSA) is 123 Å². The summed E-state index contributed by atoms with van der Waals surface area (Å²) >= 11 is 3.29. The number of benzene rings is 1. The van der Waals surface area contributed by atoms with Gasteiger partial charge in [0, 0.05) is 23.9 Å². The Bertz CT molecular complexity index is 1290. The number of pyridine rings is 1. The van der Waals surface area contributed by atoms with Crippen LogP contribution in [0.1, 0.15) is 35.3 Å². The van der Waals surface area contributed by atoms with E-state index < -0.39 is 5.91 Å². The molecular formula is C23H23BrN6O3. The van der Waals surface area contributed by atoms with Crippen LogP contribution in [-0.4, -0.2) is 49.5 Å². The largest absolute Gasteiger partial charge is 0.364 e. The van der Waals surface area contributed by atoms with Crippen LogP contribution in [0.3, 0.4) is 0 Å². The van der Waals surface area contributed by atoms with Gasteiger partial charge < -0.3 is 16.0 Å². The fraction of sp³-hybridized carbons (Fsp3) is 0.348. The lowest BCUT2D eigenvalue weighted by atomic mass is 10.1. The number of carbonyl (C=O) groups is 3. The summed E-state index contributed by atoms with van der Waals surface area (Å²) in [5.74, 6) is -0.0160. The fourth-order valence-corrected chi connectivity index (χ4v) is 5.16. The summed E-state index contributed by atoms with van der Waals surface area (Å²) in [6.45, 7) is 1.91. The SMILES string of the molecule is Cc1ccc2c(c1)c(C(N)=O)nn2CC(=O)N1[C@H](CC(=O)Nc2cccc(Br)n2)C[C@H]2C[C@H]21. The molecule has 1 aliphatic carbocycles. The van der Waals surface area contributed by atoms with E-state index in [1.54, 1.807) is 18.2 Å². The number of nitrogens with two attached hydrogens (primary N) is 1. The molecule has 2 aromatic heterocycles. The number of aryl methyl sites for hydroxylation is 1. The Balaban J connectivity index is 1.33. The molecule has 33 heavy (non-hydrogen) atoms. The minimum atomic E-state index is -0.629. The monoisotopic (exact) mass is 510 g/mol. The number of carbonyl (C=O) groups excluding carboxylic acids is 3. The van der Waals surface area contributed by atoms with E-state index in [9.17, 15) is 14.4 Å². The maximum Gasteiger partial charge on any atom is 0.269 e. The Morgan fingerprint density at radius 2 is 2.03 bits per heavy atom. The molecular weight excluding hydrogens is 488 g/mol. The van der Waals surface area contributed by atoms with E-state index >= 15 is 0 Å². The van der Waals surface area contributed by atoms with Gasteiger partial charge in [0.1, 0.15) is 17.0 Å². The summed E-state index contributed by atoms with van der Waals surface area (Å²) in [5.41, 5.74) is 7.33. The van der Waals surface area contributed by atoms with E-state index in [2.05, 4.69) is 31.3 Å². The third-order valence-corrected chi connectivity index (χ3v) is 6.77. The summed E-state index contributed by atoms with van der Waals surface area (Å²) in [7, 11) is 0. The molecule has 3 amide bonds. The van der Waals surface area contributed by atoms with Crippen molar-refractivity contribution in [2.75, 3.05) is 5.32 Å². The Morgan fingerprint density at radius 1 is 1.21 bits per heavy atom. The Morgan fingerprint density at radius 3 is 2.79 bits per heavy atom. The molecule has 5 rings (SSSR count). The number of likely N-dealkylation sites (tertiary alicyclic amines) is 1. The highest BCUT2D eigenvalue weighted by molar-refractivity contribution is 9.10. The second kappa shape index (κ2) is 8.26. The van der Waals surface area contributed by atoms with Gasteiger partial charge in [-0.05, 0) is 65.9 Å². The van der Waals surface area contributed by atoms with Gasteiger partial charge in [0.2, 0.25) is 11.8 Å². The quantitative estimate of drug-likeness (QED) is 0.493. The fourth-order valence-electron chi connectivity index (χ4n) is 4.82. The molecule has 0 spiro atoms. The van der Waals surface area contributed by atoms with E-state index in [0.29, 0.717) is 27.2 Å². The van der Waals surface area contributed by atoms with Crippen LogP contribution in [0, 0.1) is 12.8 Å². The van der Waals surface area contributed by atoms with Crippen LogP contribution in [0.15, 0.2) is 41.0 Å². The first-order chi connectivity index (χ1) is 15.8. The number of amides is 3. The Labute approximate surface area is 198 Å². The zero-order valence-corrected chi connectivity index (χ0v) is 19.6. The number of primary amides is 1. The van der Waals surface area contributed by atoms with Gasteiger partial charge in [-0.25, -0.2) is 4.98 Å². The summed E-state index contributed by atoms with van der Waals surface area (Å²) in [6.07, 6.45) is 1.97. The Kier molecular flexibility index (Phi) is 5.40. The van der Waals surface area contributed by atoms with Gasteiger partial charge in [-0.1, -0.05) is 17.7 Å². The highest BCUT2D eigenvalue weighted by Gasteiger charge is 2.54. The van der Waals surface area contributed by atoms with Crippen molar-refractivity contribution in [3.05, 3.63) is 52.3 Å². The van der Waals surface area contributed by atoms with Crippen molar-refractivity contribution in [2.24, 2.45) is 11.7 Å². The molecule has 2 aliphatic rings. The van der Waals surface area contributed by atoms with Crippen LogP contribution in [0.25, 0.3) is 10.9 Å². The van der Waals surface area contributed by atoms with Gasteiger partial charge in [-0.2, -0.15) is 5.10 Å². The number of nitrogens with one attached hydrogen (secondary N) is 1. The minimum Gasteiger partial charge on any atom is -0.364 e. The highest BCUT2D eigenvalue weighted by Crippen LogP contribution is 2.48. The number of fused-ring (bicyclic) bond motifs is 2. The predicted molar refractivity (Wildman–Crippen MR) is 125 cm³/mol. The van der Waals surface area contributed by atoms with E-state index in [1.807, 2.05) is 30.0 Å². The van der Waals surface area contributed by atoms with Gasteiger partial charge in [0.25, 0.3) is 5.91 Å². The van der Waals surface area contributed by atoms with Crippen molar-refractivity contribution in [3.8, 4) is 0 Å². The van der Waals surface area contributed by atoms with Crippen molar-refractivity contribution in [2.45, 2.75) is 44.8 Å². The number of halogens is 1.